The Labute approximate surface area is 126 Å². The lowest BCUT2D eigenvalue weighted by molar-refractivity contribution is 0.00574. The van der Waals surface area contributed by atoms with Crippen LogP contribution in [0.25, 0.3) is 0 Å². The van der Waals surface area contributed by atoms with Crippen molar-refractivity contribution < 1.29 is 19.1 Å². The van der Waals surface area contributed by atoms with Crippen LogP contribution in [0.3, 0.4) is 0 Å². The van der Waals surface area contributed by atoms with E-state index in [4.69, 9.17) is 9.47 Å². The van der Waals surface area contributed by atoms with E-state index in [-0.39, 0.29) is 11.4 Å². The number of carbonyl (C=O) groups is 2. The summed E-state index contributed by atoms with van der Waals surface area (Å²) >= 11 is 0. The lowest BCUT2D eigenvalue weighted by Crippen LogP contribution is -2.25. The van der Waals surface area contributed by atoms with Crippen molar-refractivity contribution in [3.8, 4) is 0 Å². The van der Waals surface area contributed by atoms with Crippen LogP contribution in [0.1, 0.15) is 48.2 Å². The molecule has 0 atom stereocenters. The van der Waals surface area contributed by atoms with Gasteiger partial charge < -0.3 is 9.47 Å². The predicted molar refractivity (Wildman–Crippen MR) is 81.1 cm³/mol. The number of hydrogen-bond acceptors (Lipinski definition) is 5. The molecule has 0 aliphatic heterocycles. The highest BCUT2D eigenvalue weighted by Crippen LogP contribution is 2.13. The van der Waals surface area contributed by atoms with E-state index in [1.807, 2.05) is 0 Å². The molecule has 0 aliphatic carbocycles. The molecule has 7 heteroatoms. The van der Waals surface area contributed by atoms with Gasteiger partial charge in [-0.25, -0.2) is 9.59 Å². The molecule has 6 nitrogen and oxygen atoms in total. The van der Waals surface area contributed by atoms with E-state index in [0.717, 1.165) is 20.0 Å². The van der Waals surface area contributed by atoms with Crippen molar-refractivity contribution in [2.45, 2.75) is 45.9 Å². The van der Waals surface area contributed by atoms with Gasteiger partial charge in [-0.2, -0.15) is 5.10 Å². The minimum Gasteiger partial charge on any atom is -0.461 e. The first-order chi connectivity index (χ1) is 9.74. The van der Waals surface area contributed by atoms with Crippen molar-refractivity contribution in [3.05, 3.63) is 17.5 Å². The summed E-state index contributed by atoms with van der Waals surface area (Å²) < 4.78 is 11.7. The van der Waals surface area contributed by atoms with Gasteiger partial charge in [0.25, 0.3) is 0 Å². The predicted octanol–water partition coefficient (Wildman–Crippen LogP) is 1.83. The molecule has 0 aromatic carbocycles. The third-order valence-corrected chi connectivity index (χ3v) is 2.68. The van der Waals surface area contributed by atoms with Crippen LogP contribution < -0.4 is 0 Å². The molecule has 0 saturated heterocycles. The molecule has 1 aromatic heterocycles. The molecule has 116 valence electrons. The molecule has 1 aromatic rings. The van der Waals surface area contributed by atoms with Crippen LogP contribution in [0, 0.1) is 0 Å². The minimum atomic E-state index is -0.595. The van der Waals surface area contributed by atoms with Gasteiger partial charge in [-0.1, -0.05) is 13.1 Å². The topological polar surface area (TPSA) is 70.4 Å². The van der Waals surface area contributed by atoms with Gasteiger partial charge in [-0.15, -0.1) is 0 Å². The number of aryl methyl sites for hydroxylation is 1. The molecule has 21 heavy (non-hydrogen) atoms. The summed E-state index contributed by atoms with van der Waals surface area (Å²) in [4.78, 5) is 23.8. The lowest BCUT2D eigenvalue weighted by atomic mass is 9.77. The van der Waals surface area contributed by atoms with Crippen molar-refractivity contribution in [1.82, 2.24) is 9.78 Å². The van der Waals surface area contributed by atoms with Crippen LogP contribution >= 0.6 is 0 Å². The quantitative estimate of drug-likeness (QED) is 0.455. The van der Waals surface area contributed by atoms with E-state index in [1.54, 1.807) is 27.8 Å². The second kappa shape index (κ2) is 7.29. The molecule has 0 unspecified atom stereocenters. The third-order valence-electron chi connectivity index (χ3n) is 2.68. The molecule has 0 bridgehead atoms. The number of esters is 2. The number of ether oxygens (including phenoxy) is 2. The Bertz CT molecular complexity index is 506. The zero-order valence-corrected chi connectivity index (χ0v) is 13.4. The molecule has 0 amide bonds. The lowest BCUT2D eigenvalue weighted by Gasteiger charge is -2.19. The molecular weight excluding hydrogens is 271 g/mol. The van der Waals surface area contributed by atoms with Crippen molar-refractivity contribution in [3.63, 3.8) is 0 Å². The maximum absolute atomic E-state index is 12.0. The SMILES string of the molecule is CBCCCOC(=O)c1cc(C(=O)OC(C)(C)C)n(C)n1. The normalized spacial score (nSPS) is 11.1. The van der Waals surface area contributed by atoms with Crippen molar-refractivity contribution in [2.75, 3.05) is 6.61 Å². The molecule has 1 heterocycles. The van der Waals surface area contributed by atoms with Crippen LogP contribution in [-0.2, 0) is 16.5 Å². The number of nitrogens with zero attached hydrogens (tertiary/aromatic N) is 2. The van der Waals surface area contributed by atoms with Crippen LogP contribution in [0.2, 0.25) is 13.1 Å². The zero-order valence-electron chi connectivity index (χ0n) is 13.4. The van der Waals surface area contributed by atoms with E-state index in [9.17, 15) is 9.59 Å². The van der Waals surface area contributed by atoms with Crippen molar-refractivity contribution >= 4 is 19.2 Å². The van der Waals surface area contributed by atoms with E-state index >= 15 is 0 Å². The summed E-state index contributed by atoms with van der Waals surface area (Å²) in [5, 5.41) is 4.00. The Balaban J connectivity index is 2.69. The maximum Gasteiger partial charge on any atom is 0.358 e. The highest BCUT2D eigenvalue weighted by Gasteiger charge is 2.23. The molecule has 0 radical (unpaired) electrons. The van der Waals surface area contributed by atoms with Crippen molar-refractivity contribution in [1.29, 1.82) is 0 Å². The number of aromatic nitrogens is 2. The minimum absolute atomic E-state index is 0.120. The Kier molecular flexibility index (Phi) is 5.99. The number of hydrogen-bond donors (Lipinski definition) is 0. The zero-order chi connectivity index (χ0) is 16.0. The third kappa shape index (κ3) is 5.61. The smallest absolute Gasteiger partial charge is 0.358 e. The van der Waals surface area contributed by atoms with Crippen LogP contribution in [-0.4, -0.2) is 41.2 Å². The van der Waals surface area contributed by atoms with Crippen LogP contribution in [0.5, 0.6) is 0 Å². The second-order valence-corrected chi connectivity index (χ2v) is 5.88. The average Bonchev–Trinajstić information content (AvgIpc) is 2.74. The molecule has 0 spiro atoms. The van der Waals surface area contributed by atoms with Gasteiger partial charge in [0.1, 0.15) is 18.6 Å². The average molecular weight is 294 g/mol. The van der Waals surface area contributed by atoms with Crippen LogP contribution in [0.15, 0.2) is 6.07 Å². The van der Waals surface area contributed by atoms with E-state index < -0.39 is 17.5 Å². The van der Waals surface area contributed by atoms with E-state index in [0.29, 0.717) is 6.61 Å². The fraction of sp³-hybridized carbons (Fsp3) is 0.643. The fourth-order valence-corrected chi connectivity index (χ4v) is 1.68. The summed E-state index contributed by atoms with van der Waals surface area (Å²) in [5.41, 5.74) is -0.248. The van der Waals surface area contributed by atoms with Crippen molar-refractivity contribution in [2.24, 2.45) is 7.05 Å². The van der Waals surface area contributed by atoms with Gasteiger partial charge in [0.05, 0.1) is 6.61 Å². The maximum atomic E-state index is 12.0. The highest BCUT2D eigenvalue weighted by atomic mass is 16.6. The monoisotopic (exact) mass is 294 g/mol. The first kappa shape index (κ1) is 17.3. The van der Waals surface area contributed by atoms with Gasteiger partial charge in [0.2, 0.25) is 0 Å². The first-order valence-electron chi connectivity index (χ1n) is 7.19. The van der Waals surface area contributed by atoms with Crippen LogP contribution in [0.4, 0.5) is 0 Å². The number of rotatable bonds is 6. The summed E-state index contributed by atoms with van der Waals surface area (Å²) in [6.07, 6.45) is 1.84. The second-order valence-electron chi connectivity index (χ2n) is 5.88. The van der Waals surface area contributed by atoms with E-state index in [1.165, 1.54) is 10.7 Å². The molecule has 0 saturated carbocycles. The van der Waals surface area contributed by atoms with Gasteiger partial charge in [0, 0.05) is 13.1 Å². The summed E-state index contributed by atoms with van der Waals surface area (Å²) in [6, 6.07) is 1.40. The van der Waals surface area contributed by atoms with Gasteiger partial charge >= 0.3 is 11.9 Å². The van der Waals surface area contributed by atoms with Gasteiger partial charge in [0.15, 0.2) is 5.69 Å². The molecule has 0 fully saturated rings. The Morgan fingerprint density at radius 2 is 2.00 bits per heavy atom. The summed E-state index contributed by atoms with van der Waals surface area (Å²) in [5.74, 6) is -1.03. The Morgan fingerprint density at radius 1 is 1.33 bits per heavy atom. The molecule has 0 aliphatic rings. The summed E-state index contributed by atoms with van der Waals surface area (Å²) in [6.45, 7) is 7.79. The van der Waals surface area contributed by atoms with Gasteiger partial charge in [-0.05, 0) is 27.2 Å². The molecular formula is C14H23BN2O4. The standard InChI is InChI=1S/C14H23BN2O4/c1-14(2,3)21-13(19)11-9-10(16-17(11)5)12(18)20-8-6-7-15-4/h9,15H,6-8H2,1-5H3. The molecule has 0 N–H and O–H groups in total. The van der Waals surface area contributed by atoms with Gasteiger partial charge in [-0.3, -0.25) is 4.68 Å². The first-order valence-corrected chi connectivity index (χ1v) is 7.19. The Morgan fingerprint density at radius 3 is 2.57 bits per heavy atom. The summed E-state index contributed by atoms with van der Waals surface area (Å²) in [7, 11) is 2.65. The fourth-order valence-electron chi connectivity index (χ4n) is 1.68. The Hall–Kier alpha value is -1.79. The van der Waals surface area contributed by atoms with E-state index in [2.05, 4.69) is 11.9 Å². The molecule has 1 rings (SSSR count). The highest BCUT2D eigenvalue weighted by molar-refractivity contribution is 6.33. The number of carbonyl (C=O) groups excluding carboxylic acids is 2. The largest absolute Gasteiger partial charge is 0.461 e.